The molecule has 0 heterocycles. The van der Waals surface area contributed by atoms with Crippen LogP contribution >= 0.6 is 0 Å². The molecule has 10 heavy (non-hydrogen) atoms. The highest BCUT2D eigenvalue weighted by atomic mass is 19.3. The molecule has 56 valence electrons. The molecule has 0 saturated heterocycles. The van der Waals surface area contributed by atoms with Crippen molar-refractivity contribution in [1.29, 1.82) is 5.26 Å². The van der Waals surface area contributed by atoms with E-state index in [-0.39, 0.29) is 6.42 Å². The van der Waals surface area contributed by atoms with Crippen molar-refractivity contribution in [2.45, 2.75) is 32.1 Å². The number of nitrogens with zero attached hydrogens (tertiary/aromatic N) is 1. The Morgan fingerprint density at radius 3 is 2.40 bits per heavy atom. The van der Waals surface area contributed by atoms with Gasteiger partial charge in [-0.3, -0.25) is 0 Å². The molecular formula is C7H9F2N. The molecule has 0 radical (unpaired) electrons. The average Bonchev–Trinajstić information content (AvgIpc) is 2.64. The summed E-state index contributed by atoms with van der Waals surface area (Å²) < 4.78 is 24.2. The van der Waals surface area contributed by atoms with Gasteiger partial charge in [0.15, 0.2) is 0 Å². The van der Waals surface area contributed by atoms with Gasteiger partial charge in [-0.1, -0.05) is 0 Å². The number of halogens is 2. The van der Waals surface area contributed by atoms with E-state index in [1.54, 1.807) is 0 Å². The van der Waals surface area contributed by atoms with Crippen LogP contribution in [-0.2, 0) is 0 Å². The van der Waals surface area contributed by atoms with E-state index >= 15 is 0 Å². The van der Waals surface area contributed by atoms with Gasteiger partial charge in [-0.2, -0.15) is 5.26 Å². The van der Waals surface area contributed by atoms with Crippen LogP contribution in [0.2, 0.25) is 0 Å². The Morgan fingerprint density at radius 1 is 1.50 bits per heavy atom. The largest absolute Gasteiger partial charge is 0.244 e. The lowest BCUT2D eigenvalue weighted by Gasteiger charge is -2.09. The molecule has 0 amide bonds. The van der Waals surface area contributed by atoms with Crippen molar-refractivity contribution in [3.8, 4) is 6.07 Å². The van der Waals surface area contributed by atoms with Gasteiger partial charge in [0.2, 0.25) is 6.43 Å². The molecule has 1 saturated carbocycles. The molecule has 0 atom stereocenters. The molecule has 0 bridgehead atoms. The van der Waals surface area contributed by atoms with Crippen LogP contribution in [0.15, 0.2) is 0 Å². The first-order valence-electron chi connectivity index (χ1n) is 3.36. The van der Waals surface area contributed by atoms with E-state index in [2.05, 4.69) is 0 Å². The second-order valence-electron chi connectivity index (χ2n) is 2.82. The maximum atomic E-state index is 12.1. The highest BCUT2D eigenvalue weighted by Crippen LogP contribution is 2.54. The number of nitriles is 1. The molecule has 0 spiro atoms. The zero-order chi connectivity index (χ0) is 7.61. The summed E-state index contributed by atoms with van der Waals surface area (Å²) in [4.78, 5) is 0. The summed E-state index contributed by atoms with van der Waals surface area (Å²) in [6.45, 7) is 0. The monoisotopic (exact) mass is 145 g/mol. The molecular weight excluding hydrogens is 136 g/mol. The lowest BCUT2D eigenvalue weighted by Crippen LogP contribution is -2.11. The molecule has 1 fully saturated rings. The van der Waals surface area contributed by atoms with Gasteiger partial charge in [-0.25, -0.2) is 8.78 Å². The van der Waals surface area contributed by atoms with Gasteiger partial charge in [0.1, 0.15) is 0 Å². The minimum atomic E-state index is -2.22. The van der Waals surface area contributed by atoms with Crippen molar-refractivity contribution in [1.82, 2.24) is 0 Å². The van der Waals surface area contributed by atoms with Crippen LogP contribution in [0.3, 0.4) is 0 Å². The fraction of sp³-hybridized carbons (Fsp3) is 0.857. The fourth-order valence-corrected chi connectivity index (χ4v) is 1.04. The standard InChI is InChI=1S/C7H9F2N/c8-6(9)7(3-4-7)2-1-5-10/h6H,1-4H2. The van der Waals surface area contributed by atoms with Gasteiger partial charge in [-0.05, 0) is 19.3 Å². The summed E-state index contributed by atoms with van der Waals surface area (Å²) >= 11 is 0. The van der Waals surface area contributed by atoms with Crippen molar-refractivity contribution in [3.05, 3.63) is 0 Å². The van der Waals surface area contributed by atoms with E-state index in [0.717, 1.165) is 0 Å². The molecule has 0 aromatic heterocycles. The minimum Gasteiger partial charge on any atom is -0.210 e. The van der Waals surface area contributed by atoms with Crippen molar-refractivity contribution in [3.63, 3.8) is 0 Å². The van der Waals surface area contributed by atoms with E-state index < -0.39 is 11.8 Å². The zero-order valence-electron chi connectivity index (χ0n) is 5.61. The Morgan fingerprint density at radius 2 is 2.10 bits per heavy atom. The third-order valence-electron chi connectivity index (χ3n) is 2.09. The van der Waals surface area contributed by atoms with Gasteiger partial charge in [0.25, 0.3) is 0 Å². The van der Waals surface area contributed by atoms with E-state index in [1.165, 1.54) is 0 Å². The molecule has 1 aliphatic rings. The average molecular weight is 145 g/mol. The number of hydrogen-bond donors (Lipinski definition) is 0. The summed E-state index contributed by atoms with van der Waals surface area (Å²) in [5, 5.41) is 8.14. The number of rotatable bonds is 3. The molecule has 0 aromatic rings. The van der Waals surface area contributed by atoms with Crippen LogP contribution in [0.1, 0.15) is 25.7 Å². The van der Waals surface area contributed by atoms with Crippen molar-refractivity contribution in [2.24, 2.45) is 5.41 Å². The van der Waals surface area contributed by atoms with Crippen LogP contribution in [0.25, 0.3) is 0 Å². The third-order valence-corrected chi connectivity index (χ3v) is 2.09. The first-order valence-corrected chi connectivity index (χ1v) is 3.36. The molecule has 3 heteroatoms. The van der Waals surface area contributed by atoms with Crippen molar-refractivity contribution in [2.75, 3.05) is 0 Å². The van der Waals surface area contributed by atoms with E-state index in [0.29, 0.717) is 19.3 Å². The summed E-state index contributed by atoms with van der Waals surface area (Å²) in [6, 6.07) is 1.89. The molecule has 0 aromatic carbocycles. The SMILES string of the molecule is N#CCCC1(C(F)F)CC1. The van der Waals surface area contributed by atoms with Crippen LogP contribution in [0, 0.1) is 16.7 Å². The number of alkyl halides is 2. The predicted molar refractivity (Wildman–Crippen MR) is 32.5 cm³/mol. The zero-order valence-corrected chi connectivity index (χ0v) is 5.61. The Kier molecular flexibility index (Phi) is 1.89. The maximum Gasteiger partial charge on any atom is 0.244 e. The van der Waals surface area contributed by atoms with Crippen LogP contribution < -0.4 is 0 Å². The smallest absolute Gasteiger partial charge is 0.210 e. The normalized spacial score (nSPS) is 20.6. The van der Waals surface area contributed by atoms with Crippen LogP contribution in [0.4, 0.5) is 8.78 Å². The van der Waals surface area contributed by atoms with Gasteiger partial charge < -0.3 is 0 Å². The Balaban J connectivity index is 2.32. The van der Waals surface area contributed by atoms with Crippen molar-refractivity contribution >= 4 is 0 Å². The van der Waals surface area contributed by atoms with Gasteiger partial charge >= 0.3 is 0 Å². The Labute approximate surface area is 58.6 Å². The molecule has 1 aliphatic carbocycles. The quantitative estimate of drug-likeness (QED) is 0.597. The predicted octanol–water partition coefficient (Wildman–Crippen LogP) is 2.34. The van der Waals surface area contributed by atoms with E-state index in [4.69, 9.17) is 5.26 Å². The lowest BCUT2D eigenvalue weighted by molar-refractivity contribution is 0.0573. The fourth-order valence-electron chi connectivity index (χ4n) is 1.04. The Bertz CT molecular complexity index is 155. The second-order valence-corrected chi connectivity index (χ2v) is 2.82. The molecule has 0 N–H and O–H groups in total. The summed E-state index contributed by atoms with van der Waals surface area (Å²) in [5.74, 6) is 0. The number of hydrogen-bond acceptors (Lipinski definition) is 1. The highest BCUT2D eigenvalue weighted by Gasteiger charge is 2.50. The van der Waals surface area contributed by atoms with Gasteiger partial charge in [0.05, 0.1) is 6.07 Å². The highest BCUT2D eigenvalue weighted by molar-refractivity contribution is 4.96. The third kappa shape index (κ3) is 1.26. The van der Waals surface area contributed by atoms with Gasteiger partial charge in [0, 0.05) is 11.8 Å². The summed E-state index contributed by atoms with van der Waals surface area (Å²) in [5.41, 5.74) is -0.754. The van der Waals surface area contributed by atoms with Crippen molar-refractivity contribution < 1.29 is 8.78 Å². The van der Waals surface area contributed by atoms with Gasteiger partial charge in [-0.15, -0.1) is 0 Å². The maximum absolute atomic E-state index is 12.1. The minimum absolute atomic E-state index is 0.268. The Hall–Kier alpha value is -0.650. The van der Waals surface area contributed by atoms with E-state index in [1.807, 2.05) is 6.07 Å². The molecule has 0 unspecified atom stereocenters. The first kappa shape index (κ1) is 7.46. The molecule has 1 rings (SSSR count). The van der Waals surface area contributed by atoms with Crippen LogP contribution in [-0.4, -0.2) is 6.43 Å². The van der Waals surface area contributed by atoms with E-state index in [9.17, 15) is 8.78 Å². The molecule has 1 nitrogen and oxygen atoms in total. The summed E-state index contributed by atoms with van der Waals surface area (Å²) in [7, 11) is 0. The topological polar surface area (TPSA) is 23.8 Å². The first-order chi connectivity index (χ1) is 4.71. The molecule has 0 aliphatic heterocycles. The lowest BCUT2D eigenvalue weighted by atomic mass is 10.0. The second kappa shape index (κ2) is 2.53. The van der Waals surface area contributed by atoms with Crippen LogP contribution in [0.5, 0.6) is 0 Å². The summed E-state index contributed by atoms with van der Waals surface area (Å²) in [6.07, 6.45) is -0.370.